The Bertz CT molecular complexity index is 98.1. The summed E-state index contributed by atoms with van der Waals surface area (Å²) in [7, 11) is -3.67. The minimum absolute atomic E-state index is 0. The molecule has 0 fully saturated rings. The molecule has 4 N–H and O–H groups in total. The van der Waals surface area contributed by atoms with Gasteiger partial charge in [-0.05, 0) is 0 Å². The molecular formula is CH7NNiO3S. The van der Waals surface area contributed by atoms with E-state index in [1.165, 1.54) is 0 Å². The maximum Gasteiger partial charge on any atom is 0.261 e. The molecule has 0 aromatic heterocycles. The summed E-state index contributed by atoms with van der Waals surface area (Å²) in [6.45, 7) is 0. The van der Waals surface area contributed by atoms with Crippen molar-refractivity contribution in [3.8, 4) is 0 Å². The maximum atomic E-state index is 9.19. The van der Waals surface area contributed by atoms with Crippen LogP contribution in [0.3, 0.4) is 0 Å². The summed E-state index contributed by atoms with van der Waals surface area (Å²) in [6, 6.07) is 0. The van der Waals surface area contributed by atoms with Crippen molar-refractivity contribution in [3.63, 3.8) is 0 Å². The topological polar surface area (TPSA) is 89.4 Å². The molecule has 4 nitrogen and oxygen atoms in total. The zero-order valence-corrected chi connectivity index (χ0v) is 5.50. The first-order chi connectivity index (χ1) is 2.00. The van der Waals surface area contributed by atoms with Crippen LogP contribution in [0.25, 0.3) is 0 Å². The monoisotopic (exact) mass is 171 g/mol. The predicted molar refractivity (Wildman–Crippen MR) is 22.5 cm³/mol. The van der Waals surface area contributed by atoms with Gasteiger partial charge in [-0.2, -0.15) is 8.42 Å². The zero-order valence-electron chi connectivity index (χ0n) is 3.70. The van der Waals surface area contributed by atoms with Crippen molar-refractivity contribution in [2.45, 2.75) is 0 Å². The van der Waals surface area contributed by atoms with Crippen LogP contribution >= 0.6 is 0 Å². The van der Waals surface area contributed by atoms with Crippen molar-refractivity contribution in [1.29, 1.82) is 0 Å². The molecule has 0 heterocycles. The Morgan fingerprint density at radius 1 is 1.43 bits per heavy atom. The molecule has 0 bridgehead atoms. The Kier molecular flexibility index (Phi) is 10.1. The van der Waals surface area contributed by atoms with Crippen molar-refractivity contribution in [3.05, 3.63) is 0 Å². The largest absolute Gasteiger partial charge is 0.344 e. The van der Waals surface area contributed by atoms with Gasteiger partial charge in [0.2, 0.25) is 0 Å². The van der Waals surface area contributed by atoms with Crippen LogP contribution in [0.2, 0.25) is 0 Å². The quantitative estimate of drug-likeness (QED) is 0.386. The van der Waals surface area contributed by atoms with Crippen molar-refractivity contribution < 1.29 is 29.5 Å². The van der Waals surface area contributed by atoms with Crippen LogP contribution in [0.4, 0.5) is 0 Å². The van der Waals surface area contributed by atoms with Crippen LogP contribution in [-0.4, -0.2) is 19.2 Å². The average Bonchev–Trinajstić information content (AvgIpc) is 0.722. The Morgan fingerprint density at radius 3 is 1.43 bits per heavy atom. The fourth-order valence-electron chi connectivity index (χ4n) is 0. The van der Waals surface area contributed by atoms with Crippen LogP contribution in [0.5, 0.6) is 0 Å². The zero-order chi connectivity index (χ0) is 4.50. The van der Waals surface area contributed by atoms with Crippen LogP contribution < -0.4 is 6.15 Å². The second-order valence-electron chi connectivity index (χ2n) is 0.733. The number of hydrogen-bond donors (Lipinski definition) is 2. The van der Waals surface area contributed by atoms with Gasteiger partial charge in [0.05, 0.1) is 6.26 Å². The van der Waals surface area contributed by atoms with Gasteiger partial charge >= 0.3 is 0 Å². The van der Waals surface area contributed by atoms with E-state index in [1.54, 1.807) is 0 Å². The smallest absolute Gasteiger partial charge is 0.261 e. The van der Waals surface area contributed by atoms with Crippen molar-refractivity contribution in [2.75, 3.05) is 6.26 Å². The van der Waals surface area contributed by atoms with Gasteiger partial charge in [-0.1, -0.05) is 0 Å². The van der Waals surface area contributed by atoms with Gasteiger partial charge in [-0.3, -0.25) is 4.55 Å². The molecule has 50 valence electrons. The summed E-state index contributed by atoms with van der Waals surface area (Å²) in [5, 5.41) is 0. The van der Waals surface area contributed by atoms with Gasteiger partial charge in [0.1, 0.15) is 0 Å². The second kappa shape index (κ2) is 4.52. The Labute approximate surface area is 52.6 Å². The normalized spacial score (nSPS) is 8.29. The third-order valence-corrected chi connectivity index (χ3v) is 0. The van der Waals surface area contributed by atoms with E-state index in [0.717, 1.165) is 0 Å². The van der Waals surface area contributed by atoms with E-state index < -0.39 is 10.1 Å². The molecule has 0 aliphatic heterocycles. The summed E-state index contributed by atoms with van der Waals surface area (Å²) in [5.41, 5.74) is 0. The van der Waals surface area contributed by atoms with E-state index in [0.29, 0.717) is 6.26 Å². The minimum atomic E-state index is -3.67. The van der Waals surface area contributed by atoms with Gasteiger partial charge in [0, 0.05) is 16.5 Å². The summed E-state index contributed by atoms with van der Waals surface area (Å²) < 4.78 is 25.9. The van der Waals surface area contributed by atoms with Crippen molar-refractivity contribution in [1.82, 2.24) is 6.15 Å². The fourth-order valence-corrected chi connectivity index (χ4v) is 0. The van der Waals surface area contributed by atoms with Crippen molar-refractivity contribution >= 4 is 10.1 Å². The number of hydrogen-bond acceptors (Lipinski definition) is 3. The minimum Gasteiger partial charge on any atom is -0.344 e. The van der Waals surface area contributed by atoms with Crippen LogP contribution in [0.1, 0.15) is 0 Å². The molecule has 0 saturated heterocycles. The molecule has 0 atom stereocenters. The molecule has 6 heteroatoms. The Balaban J connectivity index is -0.0000000800. The van der Waals surface area contributed by atoms with E-state index in [4.69, 9.17) is 4.55 Å². The van der Waals surface area contributed by atoms with E-state index in [9.17, 15) is 8.42 Å². The van der Waals surface area contributed by atoms with Gasteiger partial charge in [0.15, 0.2) is 0 Å². The third-order valence-electron chi connectivity index (χ3n) is 0. The first-order valence-electron chi connectivity index (χ1n) is 0.924. The Morgan fingerprint density at radius 2 is 1.43 bits per heavy atom. The molecule has 0 saturated carbocycles. The third kappa shape index (κ3) is 917. The van der Waals surface area contributed by atoms with Gasteiger partial charge in [-0.15, -0.1) is 0 Å². The molecule has 7 heavy (non-hydrogen) atoms. The molecular weight excluding hydrogens is 165 g/mol. The molecule has 0 aliphatic carbocycles. The molecule has 0 aromatic carbocycles. The fraction of sp³-hybridized carbons (Fsp3) is 1.00. The van der Waals surface area contributed by atoms with E-state index >= 15 is 0 Å². The van der Waals surface area contributed by atoms with E-state index in [2.05, 4.69) is 0 Å². The summed E-state index contributed by atoms with van der Waals surface area (Å²) in [4.78, 5) is 0. The predicted octanol–water partition coefficient (Wildman–Crippen LogP) is -0.336. The molecule has 0 amide bonds. The average molecular weight is 172 g/mol. The maximum absolute atomic E-state index is 9.19. The number of rotatable bonds is 0. The van der Waals surface area contributed by atoms with Crippen LogP contribution in [0.15, 0.2) is 0 Å². The van der Waals surface area contributed by atoms with Crippen LogP contribution in [-0.2, 0) is 26.6 Å². The van der Waals surface area contributed by atoms with Crippen LogP contribution in [0, 0.1) is 0 Å². The summed E-state index contributed by atoms with van der Waals surface area (Å²) >= 11 is 0. The van der Waals surface area contributed by atoms with E-state index in [1.807, 2.05) is 0 Å². The van der Waals surface area contributed by atoms with Crippen molar-refractivity contribution in [2.24, 2.45) is 0 Å². The summed E-state index contributed by atoms with van der Waals surface area (Å²) in [6.07, 6.45) is 0.715. The standard InChI is InChI=1S/CH4O3S.H3N.Ni/c1-5(2,3)4;;/h1H3,(H,2,3,4);1H3;. The Hall–Kier alpha value is 0.364. The molecule has 0 radical (unpaired) electrons. The second-order valence-corrected chi connectivity index (χ2v) is 2.20. The first kappa shape index (κ1) is 15.7. The summed E-state index contributed by atoms with van der Waals surface area (Å²) in [5.74, 6) is 0. The first-order valence-corrected chi connectivity index (χ1v) is 2.77. The molecule has 0 aromatic rings. The SMILES string of the molecule is CS(=O)(=O)O.N.[Ni]. The van der Waals surface area contributed by atoms with E-state index in [-0.39, 0.29) is 22.6 Å². The molecule has 0 unspecified atom stereocenters. The van der Waals surface area contributed by atoms with Gasteiger partial charge in [-0.25, -0.2) is 0 Å². The molecule has 0 rings (SSSR count). The van der Waals surface area contributed by atoms with Gasteiger partial charge in [0.25, 0.3) is 10.1 Å². The molecule has 0 spiro atoms. The molecule has 0 aliphatic rings. The van der Waals surface area contributed by atoms with Gasteiger partial charge < -0.3 is 6.15 Å².